The number of nitrogens with zero attached hydrogens (tertiary/aromatic N) is 1. The fraction of sp³-hybridized carbons (Fsp3) is 0.250. The fourth-order valence-electron chi connectivity index (χ4n) is 1.40. The molecule has 0 saturated heterocycles. The van der Waals surface area contributed by atoms with E-state index in [4.69, 9.17) is 16.0 Å². The molecule has 5 heteroatoms. The van der Waals surface area contributed by atoms with Crippen molar-refractivity contribution >= 4 is 23.4 Å². The molecule has 0 atom stereocenters. The van der Waals surface area contributed by atoms with E-state index in [0.717, 1.165) is 28.6 Å². The molecule has 0 aliphatic carbocycles. The molecule has 0 aliphatic rings. The van der Waals surface area contributed by atoms with E-state index in [9.17, 15) is 0 Å². The van der Waals surface area contributed by atoms with Gasteiger partial charge in [0.05, 0.1) is 6.20 Å². The molecular formula is C12H13ClN2OS. The molecule has 1 N–H and O–H groups in total. The van der Waals surface area contributed by atoms with E-state index in [0.29, 0.717) is 5.22 Å². The molecule has 0 bridgehead atoms. The Kier molecular flexibility index (Phi) is 4.48. The van der Waals surface area contributed by atoms with Crippen LogP contribution in [0.4, 0.5) is 0 Å². The first-order chi connectivity index (χ1) is 8.29. The van der Waals surface area contributed by atoms with Crippen molar-refractivity contribution in [1.29, 1.82) is 0 Å². The molecule has 1 aromatic heterocycles. The molecule has 90 valence electrons. The van der Waals surface area contributed by atoms with Crippen LogP contribution in [0.25, 0.3) is 0 Å². The first kappa shape index (κ1) is 12.5. The van der Waals surface area contributed by atoms with Gasteiger partial charge in [0.15, 0.2) is 0 Å². The number of halogens is 1. The molecule has 2 aromatic rings. The van der Waals surface area contributed by atoms with Crippen LogP contribution in [0.15, 0.2) is 45.2 Å². The topological polar surface area (TPSA) is 38.1 Å². The minimum Gasteiger partial charge on any atom is -0.440 e. The molecule has 17 heavy (non-hydrogen) atoms. The van der Waals surface area contributed by atoms with E-state index in [1.807, 2.05) is 18.2 Å². The molecule has 1 heterocycles. The molecule has 0 aliphatic heterocycles. The lowest BCUT2D eigenvalue weighted by atomic mass is 10.2. The summed E-state index contributed by atoms with van der Waals surface area (Å²) >= 11 is 7.51. The first-order valence-electron chi connectivity index (χ1n) is 5.36. The molecule has 0 spiro atoms. The largest absolute Gasteiger partial charge is 0.440 e. The van der Waals surface area contributed by atoms with Crippen LogP contribution < -0.4 is 5.32 Å². The van der Waals surface area contributed by atoms with Gasteiger partial charge in [-0.3, -0.25) is 0 Å². The second-order valence-corrected chi connectivity index (χ2v) is 4.86. The van der Waals surface area contributed by atoms with Crippen molar-refractivity contribution < 1.29 is 4.42 Å². The minimum atomic E-state index is 0.644. The van der Waals surface area contributed by atoms with Gasteiger partial charge in [0, 0.05) is 16.5 Å². The highest BCUT2D eigenvalue weighted by Crippen LogP contribution is 2.30. The zero-order chi connectivity index (χ0) is 12.1. The lowest BCUT2D eigenvalue weighted by Crippen LogP contribution is -2.12. The van der Waals surface area contributed by atoms with Gasteiger partial charge >= 0.3 is 0 Å². The molecule has 1 aromatic carbocycles. The molecular weight excluding hydrogens is 256 g/mol. The van der Waals surface area contributed by atoms with Crippen molar-refractivity contribution in [1.82, 2.24) is 10.3 Å². The number of nitrogens with one attached hydrogen (secondary N) is 1. The highest BCUT2D eigenvalue weighted by Gasteiger charge is 2.07. The summed E-state index contributed by atoms with van der Waals surface area (Å²) < 4.78 is 5.23. The van der Waals surface area contributed by atoms with Crippen molar-refractivity contribution in [3.8, 4) is 0 Å². The zero-order valence-corrected chi connectivity index (χ0v) is 11.0. The van der Waals surface area contributed by atoms with Crippen molar-refractivity contribution in [3.05, 3.63) is 41.2 Å². The van der Waals surface area contributed by atoms with Gasteiger partial charge in [-0.2, -0.15) is 0 Å². The molecule has 0 fully saturated rings. The second-order valence-electron chi connectivity index (χ2n) is 3.43. The van der Waals surface area contributed by atoms with Crippen LogP contribution in [0.3, 0.4) is 0 Å². The Morgan fingerprint density at radius 2 is 2.35 bits per heavy atom. The Morgan fingerprint density at radius 3 is 3.06 bits per heavy atom. The van der Waals surface area contributed by atoms with E-state index in [-0.39, 0.29) is 0 Å². The number of aromatic nitrogens is 1. The average molecular weight is 269 g/mol. The molecule has 0 saturated carbocycles. The number of rotatable bonds is 5. The highest BCUT2D eigenvalue weighted by molar-refractivity contribution is 7.99. The van der Waals surface area contributed by atoms with E-state index in [1.54, 1.807) is 12.5 Å². The maximum Gasteiger partial charge on any atom is 0.260 e. The van der Waals surface area contributed by atoms with Crippen LogP contribution >= 0.6 is 23.4 Å². The van der Waals surface area contributed by atoms with Crippen molar-refractivity contribution in [2.45, 2.75) is 23.6 Å². The summed E-state index contributed by atoms with van der Waals surface area (Å²) in [6.07, 6.45) is 3.21. The Bertz CT molecular complexity index is 473. The quantitative estimate of drug-likeness (QED) is 0.899. The maximum atomic E-state index is 6.00. The lowest BCUT2D eigenvalue weighted by Gasteiger charge is -2.08. The van der Waals surface area contributed by atoms with Crippen LogP contribution in [0.2, 0.25) is 5.02 Å². The summed E-state index contributed by atoms with van der Waals surface area (Å²) in [6, 6.07) is 5.83. The lowest BCUT2D eigenvalue weighted by molar-refractivity contribution is 0.454. The summed E-state index contributed by atoms with van der Waals surface area (Å²) in [6.45, 7) is 3.79. The molecule has 0 unspecified atom stereocenters. The average Bonchev–Trinajstić information content (AvgIpc) is 2.82. The smallest absolute Gasteiger partial charge is 0.260 e. The summed E-state index contributed by atoms with van der Waals surface area (Å²) in [5.41, 5.74) is 1.16. The van der Waals surface area contributed by atoms with Gasteiger partial charge in [-0.1, -0.05) is 18.5 Å². The van der Waals surface area contributed by atoms with Gasteiger partial charge in [-0.15, -0.1) is 0 Å². The van der Waals surface area contributed by atoms with Crippen LogP contribution in [0, 0.1) is 0 Å². The number of hydrogen-bond donors (Lipinski definition) is 1. The summed E-state index contributed by atoms with van der Waals surface area (Å²) in [5, 5.41) is 4.68. The third kappa shape index (κ3) is 3.49. The zero-order valence-electron chi connectivity index (χ0n) is 9.44. The van der Waals surface area contributed by atoms with Crippen molar-refractivity contribution in [2.24, 2.45) is 0 Å². The number of oxazole rings is 1. The molecule has 3 nitrogen and oxygen atoms in total. The van der Waals surface area contributed by atoms with Crippen molar-refractivity contribution in [3.63, 3.8) is 0 Å². The van der Waals surface area contributed by atoms with E-state index in [2.05, 4.69) is 17.2 Å². The minimum absolute atomic E-state index is 0.644. The molecule has 0 radical (unpaired) electrons. The van der Waals surface area contributed by atoms with Crippen molar-refractivity contribution in [2.75, 3.05) is 6.54 Å². The predicted molar refractivity (Wildman–Crippen MR) is 69.5 cm³/mol. The van der Waals surface area contributed by atoms with Crippen LogP contribution in [0.5, 0.6) is 0 Å². The normalized spacial score (nSPS) is 10.7. The summed E-state index contributed by atoms with van der Waals surface area (Å²) in [4.78, 5) is 5.21. The second kappa shape index (κ2) is 6.10. The third-order valence-corrected chi connectivity index (χ3v) is 3.42. The van der Waals surface area contributed by atoms with E-state index >= 15 is 0 Å². The molecule has 0 amide bonds. The van der Waals surface area contributed by atoms with E-state index in [1.165, 1.54) is 11.8 Å². The summed E-state index contributed by atoms with van der Waals surface area (Å²) in [5.74, 6) is 0. The van der Waals surface area contributed by atoms with Gasteiger partial charge in [0.1, 0.15) is 6.26 Å². The highest BCUT2D eigenvalue weighted by atomic mass is 35.5. The number of hydrogen-bond acceptors (Lipinski definition) is 4. The van der Waals surface area contributed by atoms with Crippen LogP contribution in [0.1, 0.15) is 12.5 Å². The van der Waals surface area contributed by atoms with Crippen LogP contribution in [-0.2, 0) is 6.54 Å². The Hall–Kier alpha value is -0.970. The maximum absolute atomic E-state index is 6.00. The SMILES string of the molecule is CCNCc1cc(Cl)ccc1Sc1ncco1. The number of benzene rings is 1. The van der Waals surface area contributed by atoms with Gasteiger partial charge in [-0.05, 0) is 42.1 Å². The monoisotopic (exact) mass is 268 g/mol. The van der Waals surface area contributed by atoms with Gasteiger partial charge in [0.25, 0.3) is 5.22 Å². The first-order valence-corrected chi connectivity index (χ1v) is 6.55. The Morgan fingerprint density at radius 1 is 1.47 bits per heavy atom. The third-order valence-electron chi connectivity index (χ3n) is 2.19. The van der Waals surface area contributed by atoms with Gasteiger partial charge in [-0.25, -0.2) is 4.98 Å². The van der Waals surface area contributed by atoms with Gasteiger partial charge in [0.2, 0.25) is 0 Å². The Labute approximate surface area is 110 Å². The Balaban J connectivity index is 2.19. The summed E-state index contributed by atoms with van der Waals surface area (Å²) in [7, 11) is 0. The molecule has 2 rings (SSSR count). The predicted octanol–water partition coefficient (Wildman–Crippen LogP) is 3.59. The van der Waals surface area contributed by atoms with Crippen LogP contribution in [-0.4, -0.2) is 11.5 Å². The van der Waals surface area contributed by atoms with E-state index < -0.39 is 0 Å². The van der Waals surface area contributed by atoms with Gasteiger partial charge < -0.3 is 9.73 Å². The standard InChI is InChI=1S/C12H13ClN2OS/c1-2-14-8-9-7-10(13)3-4-11(9)17-12-15-5-6-16-12/h3-7,14H,2,8H2,1H3. The fourth-order valence-corrected chi connectivity index (χ4v) is 2.40.